The molecule has 20 heavy (non-hydrogen) atoms. The maximum absolute atomic E-state index is 11.8. The zero-order valence-electron chi connectivity index (χ0n) is 12.0. The topological polar surface area (TPSA) is 64.3 Å². The number of allylic oxidation sites excluding steroid dienone is 1. The van der Waals surface area contributed by atoms with Crippen LogP contribution in [0.1, 0.15) is 32.3 Å². The Balaban J connectivity index is 2.83. The van der Waals surface area contributed by atoms with Gasteiger partial charge in [0.25, 0.3) is 0 Å². The smallest absolute Gasteiger partial charge is 0.356 e. The van der Waals surface area contributed by atoms with Crippen LogP contribution in [-0.2, 0) is 9.53 Å². The summed E-state index contributed by atoms with van der Waals surface area (Å²) in [7, 11) is 0. The number of nitrogens with one attached hydrogen (secondary N) is 1. The number of ether oxygens (including phenoxy) is 1. The molecule has 0 amide bonds. The molecule has 1 atom stereocenters. The summed E-state index contributed by atoms with van der Waals surface area (Å²) in [5.41, 5.74) is 7.34. The van der Waals surface area contributed by atoms with Gasteiger partial charge in [0.1, 0.15) is 5.70 Å². The van der Waals surface area contributed by atoms with Crippen LogP contribution in [0.2, 0.25) is 0 Å². The molecule has 0 aliphatic heterocycles. The van der Waals surface area contributed by atoms with Gasteiger partial charge in [0.2, 0.25) is 0 Å². The summed E-state index contributed by atoms with van der Waals surface area (Å²) in [5, 5.41) is 2.91. The summed E-state index contributed by atoms with van der Waals surface area (Å²) in [4.78, 5) is 12.3. The normalized spacial score (nSPS) is 13.2. The van der Waals surface area contributed by atoms with Crippen LogP contribution in [0.5, 0.6) is 0 Å². The van der Waals surface area contributed by atoms with Crippen molar-refractivity contribution in [2.45, 2.75) is 26.7 Å². The standard InChI is InChI=1S/C15H20N2O2S/c1-4-19-15(18)13(11(3)16)17-14(20)10(2)12-8-6-5-7-9-12/h5-10H,4,16H2,1-3H3,(H,17,20)/b13-11-. The lowest BCUT2D eigenvalue weighted by molar-refractivity contribution is -0.138. The lowest BCUT2D eigenvalue weighted by Crippen LogP contribution is -2.32. The number of hydrogen-bond acceptors (Lipinski definition) is 4. The summed E-state index contributed by atoms with van der Waals surface area (Å²) in [5.74, 6) is -0.509. The minimum atomic E-state index is -0.491. The average Bonchev–Trinajstić information content (AvgIpc) is 2.44. The fourth-order valence-electron chi connectivity index (χ4n) is 1.64. The Hall–Kier alpha value is -1.88. The van der Waals surface area contributed by atoms with Crippen molar-refractivity contribution in [2.75, 3.05) is 6.61 Å². The van der Waals surface area contributed by atoms with Gasteiger partial charge < -0.3 is 15.8 Å². The SMILES string of the molecule is CCOC(=O)/C(NC(=S)C(C)c1ccccc1)=C(\C)N. The zero-order valence-corrected chi connectivity index (χ0v) is 12.8. The van der Waals surface area contributed by atoms with E-state index in [1.165, 1.54) is 0 Å². The number of hydrogen-bond donors (Lipinski definition) is 2. The Morgan fingerprint density at radius 3 is 2.50 bits per heavy atom. The van der Waals surface area contributed by atoms with Crippen LogP contribution in [0.4, 0.5) is 0 Å². The number of nitrogens with two attached hydrogens (primary N) is 1. The molecule has 0 saturated heterocycles. The molecule has 108 valence electrons. The van der Waals surface area contributed by atoms with E-state index < -0.39 is 5.97 Å². The maximum Gasteiger partial charge on any atom is 0.356 e. The maximum atomic E-state index is 11.8. The molecule has 0 aliphatic rings. The molecule has 1 aromatic carbocycles. The first-order valence-electron chi connectivity index (χ1n) is 6.46. The lowest BCUT2D eigenvalue weighted by Gasteiger charge is -2.17. The van der Waals surface area contributed by atoms with Crippen LogP contribution in [-0.4, -0.2) is 17.6 Å². The Morgan fingerprint density at radius 2 is 2.00 bits per heavy atom. The van der Waals surface area contributed by atoms with E-state index in [9.17, 15) is 4.79 Å². The van der Waals surface area contributed by atoms with Crippen LogP contribution in [0.3, 0.4) is 0 Å². The number of carbonyl (C=O) groups excluding carboxylic acids is 1. The quantitative estimate of drug-likeness (QED) is 0.496. The second-order valence-corrected chi connectivity index (χ2v) is 4.84. The largest absolute Gasteiger partial charge is 0.461 e. The Kier molecular flexibility index (Phi) is 6.18. The number of esters is 1. The van der Waals surface area contributed by atoms with Crippen LogP contribution in [0.25, 0.3) is 0 Å². The third-order valence-electron chi connectivity index (χ3n) is 2.81. The predicted molar refractivity (Wildman–Crippen MR) is 84.1 cm³/mol. The molecule has 0 bridgehead atoms. The number of rotatable bonds is 5. The minimum absolute atomic E-state index is 0.0185. The van der Waals surface area contributed by atoms with Crippen LogP contribution >= 0.6 is 12.2 Å². The second-order valence-electron chi connectivity index (χ2n) is 4.40. The summed E-state index contributed by atoms with van der Waals surface area (Å²) in [6.07, 6.45) is 0. The summed E-state index contributed by atoms with van der Waals surface area (Å²) in [6, 6.07) is 9.82. The molecule has 0 aliphatic carbocycles. The van der Waals surface area contributed by atoms with Crippen molar-refractivity contribution in [1.82, 2.24) is 5.32 Å². The molecule has 4 nitrogen and oxygen atoms in total. The molecular weight excluding hydrogens is 272 g/mol. The predicted octanol–water partition coefficient (Wildman–Crippen LogP) is 2.46. The molecule has 5 heteroatoms. The van der Waals surface area contributed by atoms with Gasteiger partial charge in [0, 0.05) is 11.6 Å². The molecule has 0 spiro atoms. The van der Waals surface area contributed by atoms with Gasteiger partial charge in [-0.15, -0.1) is 0 Å². The highest BCUT2D eigenvalue weighted by Gasteiger charge is 2.18. The van der Waals surface area contributed by atoms with Crippen molar-refractivity contribution < 1.29 is 9.53 Å². The highest BCUT2D eigenvalue weighted by Crippen LogP contribution is 2.16. The Bertz CT molecular complexity index is 508. The third-order valence-corrected chi connectivity index (χ3v) is 3.27. The summed E-state index contributed by atoms with van der Waals surface area (Å²) >= 11 is 5.35. The van der Waals surface area contributed by atoms with Crippen molar-refractivity contribution in [3.8, 4) is 0 Å². The van der Waals surface area contributed by atoms with Gasteiger partial charge >= 0.3 is 5.97 Å². The van der Waals surface area contributed by atoms with Crippen molar-refractivity contribution >= 4 is 23.2 Å². The number of benzene rings is 1. The van der Waals surface area contributed by atoms with E-state index in [-0.39, 0.29) is 18.2 Å². The van der Waals surface area contributed by atoms with Crippen molar-refractivity contribution in [1.29, 1.82) is 0 Å². The number of carbonyl (C=O) groups is 1. The van der Waals surface area contributed by atoms with Gasteiger partial charge in [-0.2, -0.15) is 0 Å². The summed E-state index contributed by atoms with van der Waals surface area (Å²) in [6.45, 7) is 5.64. The number of thiocarbonyl (C=S) groups is 1. The molecule has 1 aromatic rings. The first-order chi connectivity index (χ1) is 9.47. The molecule has 0 saturated carbocycles. The average molecular weight is 292 g/mol. The van der Waals surface area contributed by atoms with E-state index in [1.54, 1.807) is 13.8 Å². The van der Waals surface area contributed by atoms with E-state index in [1.807, 2.05) is 37.3 Å². The van der Waals surface area contributed by atoms with E-state index >= 15 is 0 Å². The first-order valence-corrected chi connectivity index (χ1v) is 6.87. The molecule has 0 radical (unpaired) electrons. The van der Waals surface area contributed by atoms with Crippen molar-refractivity contribution in [3.05, 3.63) is 47.3 Å². The zero-order chi connectivity index (χ0) is 15.1. The van der Waals surface area contributed by atoms with Crippen molar-refractivity contribution in [3.63, 3.8) is 0 Å². The van der Waals surface area contributed by atoms with Gasteiger partial charge in [0.05, 0.1) is 11.6 Å². The van der Waals surface area contributed by atoms with Gasteiger partial charge in [-0.1, -0.05) is 49.5 Å². The van der Waals surface area contributed by atoms with Crippen LogP contribution < -0.4 is 11.1 Å². The molecular formula is C15H20N2O2S. The fourth-order valence-corrected chi connectivity index (χ4v) is 1.88. The van der Waals surface area contributed by atoms with E-state index in [0.717, 1.165) is 5.56 Å². The van der Waals surface area contributed by atoms with Gasteiger partial charge in [0.15, 0.2) is 0 Å². The second kappa shape index (κ2) is 7.65. The van der Waals surface area contributed by atoms with E-state index in [4.69, 9.17) is 22.7 Å². The molecule has 0 fully saturated rings. The molecule has 3 N–H and O–H groups in total. The fraction of sp³-hybridized carbons (Fsp3) is 0.333. The molecule has 0 heterocycles. The Labute approximate surface area is 125 Å². The molecule has 1 unspecified atom stereocenters. The first kappa shape index (κ1) is 16.2. The summed E-state index contributed by atoms with van der Waals surface area (Å²) < 4.78 is 4.95. The lowest BCUT2D eigenvalue weighted by atomic mass is 10.0. The van der Waals surface area contributed by atoms with E-state index in [2.05, 4.69) is 5.32 Å². The van der Waals surface area contributed by atoms with Crippen LogP contribution in [0.15, 0.2) is 41.7 Å². The minimum Gasteiger partial charge on any atom is -0.461 e. The highest BCUT2D eigenvalue weighted by atomic mass is 32.1. The highest BCUT2D eigenvalue weighted by molar-refractivity contribution is 7.80. The van der Waals surface area contributed by atoms with Gasteiger partial charge in [-0.3, -0.25) is 0 Å². The Morgan fingerprint density at radius 1 is 1.40 bits per heavy atom. The van der Waals surface area contributed by atoms with E-state index in [0.29, 0.717) is 10.7 Å². The van der Waals surface area contributed by atoms with Gasteiger partial charge in [-0.05, 0) is 19.4 Å². The van der Waals surface area contributed by atoms with Gasteiger partial charge in [-0.25, -0.2) is 4.79 Å². The monoisotopic (exact) mass is 292 g/mol. The third kappa shape index (κ3) is 4.35. The molecule has 0 aromatic heterocycles. The van der Waals surface area contributed by atoms with Crippen LogP contribution in [0, 0.1) is 0 Å². The van der Waals surface area contributed by atoms with Crippen molar-refractivity contribution in [2.24, 2.45) is 5.73 Å². The molecule has 1 rings (SSSR count).